The van der Waals surface area contributed by atoms with Gasteiger partial charge in [0.1, 0.15) is 0 Å². The summed E-state index contributed by atoms with van der Waals surface area (Å²) < 4.78 is 0. The third-order valence-electron chi connectivity index (χ3n) is 4.27. The molecule has 15 heavy (non-hydrogen) atoms. The van der Waals surface area contributed by atoms with Crippen molar-refractivity contribution in [2.45, 2.75) is 77.7 Å². The molecule has 0 spiro atoms. The molecule has 0 aromatic carbocycles. The van der Waals surface area contributed by atoms with Crippen LogP contribution in [0.15, 0.2) is 0 Å². The van der Waals surface area contributed by atoms with Gasteiger partial charge in [-0.1, -0.05) is 45.4 Å². The molecule has 1 unspecified atom stereocenters. The Morgan fingerprint density at radius 1 is 1.07 bits per heavy atom. The Kier molecular flexibility index (Phi) is 5.66. The SMILES string of the molecule is CCCCCCCCC1(C(C)NC)CC1. The van der Waals surface area contributed by atoms with Crippen molar-refractivity contribution in [3.8, 4) is 0 Å². The Labute approximate surface area is 96.0 Å². The second-order valence-corrected chi connectivity index (χ2v) is 5.39. The van der Waals surface area contributed by atoms with Crippen LogP contribution in [0.1, 0.15) is 71.6 Å². The largest absolute Gasteiger partial charge is 0.317 e. The van der Waals surface area contributed by atoms with Crippen LogP contribution in [-0.2, 0) is 0 Å². The van der Waals surface area contributed by atoms with Crippen molar-refractivity contribution < 1.29 is 0 Å². The number of hydrogen-bond acceptors (Lipinski definition) is 1. The van der Waals surface area contributed by atoms with Gasteiger partial charge in [-0.15, -0.1) is 0 Å². The Balaban J connectivity index is 2.00. The molecule has 0 aromatic rings. The first-order valence-corrected chi connectivity index (χ1v) is 6.92. The lowest BCUT2D eigenvalue weighted by molar-refractivity contribution is 0.333. The quantitative estimate of drug-likeness (QED) is 0.566. The Hall–Kier alpha value is -0.0400. The van der Waals surface area contributed by atoms with Gasteiger partial charge in [0.05, 0.1) is 0 Å². The Bertz CT molecular complexity index is 161. The van der Waals surface area contributed by atoms with Crippen molar-refractivity contribution in [1.29, 1.82) is 0 Å². The van der Waals surface area contributed by atoms with E-state index < -0.39 is 0 Å². The van der Waals surface area contributed by atoms with Gasteiger partial charge in [-0.3, -0.25) is 0 Å². The Morgan fingerprint density at radius 2 is 1.67 bits per heavy atom. The molecule has 1 saturated carbocycles. The van der Waals surface area contributed by atoms with Crippen molar-refractivity contribution in [2.75, 3.05) is 7.05 Å². The summed E-state index contributed by atoms with van der Waals surface area (Å²) in [4.78, 5) is 0. The Morgan fingerprint density at radius 3 is 2.20 bits per heavy atom. The van der Waals surface area contributed by atoms with E-state index >= 15 is 0 Å². The van der Waals surface area contributed by atoms with Gasteiger partial charge in [0.2, 0.25) is 0 Å². The highest BCUT2D eigenvalue weighted by atomic mass is 14.9. The van der Waals surface area contributed by atoms with Gasteiger partial charge in [0, 0.05) is 6.04 Å². The highest BCUT2D eigenvalue weighted by Crippen LogP contribution is 2.52. The molecule has 0 radical (unpaired) electrons. The van der Waals surface area contributed by atoms with Gasteiger partial charge < -0.3 is 5.32 Å². The molecule has 1 aliphatic rings. The van der Waals surface area contributed by atoms with Crippen LogP contribution in [0.4, 0.5) is 0 Å². The fourth-order valence-corrected chi connectivity index (χ4v) is 2.62. The smallest absolute Gasteiger partial charge is 0.00921 e. The van der Waals surface area contributed by atoms with Gasteiger partial charge >= 0.3 is 0 Å². The number of hydrogen-bond donors (Lipinski definition) is 1. The molecule has 1 atom stereocenters. The maximum atomic E-state index is 3.43. The second-order valence-electron chi connectivity index (χ2n) is 5.39. The lowest BCUT2D eigenvalue weighted by atomic mass is 9.91. The van der Waals surface area contributed by atoms with Crippen LogP contribution >= 0.6 is 0 Å². The first kappa shape index (κ1) is 13.0. The average molecular weight is 211 g/mol. The highest BCUT2D eigenvalue weighted by molar-refractivity contribution is 4.99. The average Bonchev–Trinajstić information content (AvgIpc) is 3.03. The molecule has 0 amide bonds. The maximum absolute atomic E-state index is 3.43. The van der Waals surface area contributed by atoms with Gasteiger partial charge in [0.15, 0.2) is 0 Å². The van der Waals surface area contributed by atoms with E-state index in [1.165, 1.54) is 57.8 Å². The van der Waals surface area contributed by atoms with E-state index in [1.54, 1.807) is 0 Å². The van der Waals surface area contributed by atoms with Crippen molar-refractivity contribution in [3.63, 3.8) is 0 Å². The molecular weight excluding hydrogens is 182 g/mol. The molecule has 1 N–H and O–H groups in total. The molecule has 1 fully saturated rings. The number of unbranched alkanes of at least 4 members (excludes halogenated alkanes) is 5. The van der Waals surface area contributed by atoms with Gasteiger partial charge in [-0.05, 0) is 38.6 Å². The second kappa shape index (κ2) is 6.52. The van der Waals surface area contributed by atoms with Gasteiger partial charge in [-0.25, -0.2) is 0 Å². The monoisotopic (exact) mass is 211 g/mol. The molecule has 1 heteroatoms. The third-order valence-corrected chi connectivity index (χ3v) is 4.27. The predicted molar refractivity (Wildman–Crippen MR) is 68.2 cm³/mol. The standard InChI is InChI=1S/C14H29N/c1-4-5-6-7-8-9-10-14(11-12-14)13(2)15-3/h13,15H,4-12H2,1-3H3. The molecular formula is C14H29N. The normalized spacial score (nSPS) is 20.2. The summed E-state index contributed by atoms with van der Waals surface area (Å²) in [5, 5.41) is 3.43. The summed E-state index contributed by atoms with van der Waals surface area (Å²) in [5.41, 5.74) is 0.694. The van der Waals surface area contributed by atoms with E-state index in [4.69, 9.17) is 0 Å². The van der Waals surface area contributed by atoms with Crippen LogP contribution in [0.25, 0.3) is 0 Å². The van der Waals surface area contributed by atoms with Gasteiger partial charge in [0.25, 0.3) is 0 Å². The van der Waals surface area contributed by atoms with E-state index in [2.05, 4.69) is 26.2 Å². The third kappa shape index (κ3) is 4.14. The lowest BCUT2D eigenvalue weighted by Gasteiger charge is -2.22. The van der Waals surface area contributed by atoms with Crippen molar-refractivity contribution in [3.05, 3.63) is 0 Å². The summed E-state index contributed by atoms with van der Waals surface area (Å²) in [6, 6.07) is 0.730. The molecule has 1 aliphatic carbocycles. The number of nitrogens with one attached hydrogen (secondary N) is 1. The van der Waals surface area contributed by atoms with E-state index in [-0.39, 0.29) is 0 Å². The summed E-state index contributed by atoms with van der Waals surface area (Å²) in [6.07, 6.45) is 13.0. The van der Waals surface area contributed by atoms with Crippen molar-refractivity contribution >= 4 is 0 Å². The van der Waals surface area contributed by atoms with Crippen LogP contribution in [0.3, 0.4) is 0 Å². The first-order valence-electron chi connectivity index (χ1n) is 6.92. The van der Waals surface area contributed by atoms with E-state index in [1.807, 2.05) is 0 Å². The zero-order valence-corrected chi connectivity index (χ0v) is 10.9. The molecule has 0 saturated heterocycles. The topological polar surface area (TPSA) is 12.0 Å². The zero-order valence-electron chi connectivity index (χ0n) is 10.9. The summed E-state index contributed by atoms with van der Waals surface area (Å²) >= 11 is 0. The van der Waals surface area contributed by atoms with Crippen LogP contribution in [0.2, 0.25) is 0 Å². The van der Waals surface area contributed by atoms with Crippen molar-refractivity contribution in [2.24, 2.45) is 5.41 Å². The fraction of sp³-hybridized carbons (Fsp3) is 1.00. The van der Waals surface area contributed by atoms with E-state index in [0.717, 1.165) is 6.04 Å². The molecule has 90 valence electrons. The van der Waals surface area contributed by atoms with Crippen LogP contribution in [0, 0.1) is 5.41 Å². The molecule has 1 rings (SSSR count). The van der Waals surface area contributed by atoms with Crippen LogP contribution < -0.4 is 5.32 Å². The summed E-state index contributed by atoms with van der Waals surface area (Å²) in [5.74, 6) is 0. The fourth-order valence-electron chi connectivity index (χ4n) is 2.62. The molecule has 0 aromatic heterocycles. The minimum Gasteiger partial charge on any atom is -0.317 e. The highest BCUT2D eigenvalue weighted by Gasteiger charge is 2.45. The summed E-state index contributed by atoms with van der Waals surface area (Å²) in [7, 11) is 2.10. The molecule has 0 heterocycles. The minimum atomic E-state index is 0.694. The minimum absolute atomic E-state index is 0.694. The molecule has 0 bridgehead atoms. The molecule has 0 aliphatic heterocycles. The van der Waals surface area contributed by atoms with E-state index in [9.17, 15) is 0 Å². The van der Waals surface area contributed by atoms with Crippen molar-refractivity contribution in [1.82, 2.24) is 5.32 Å². The predicted octanol–water partition coefficient (Wildman–Crippen LogP) is 4.13. The summed E-state index contributed by atoms with van der Waals surface area (Å²) in [6.45, 7) is 4.64. The first-order chi connectivity index (χ1) is 7.25. The van der Waals surface area contributed by atoms with E-state index in [0.29, 0.717) is 5.41 Å². The molecule has 1 nitrogen and oxygen atoms in total. The lowest BCUT2D eigenvalue weighted by Crippen LogP contribution is -2.31. The maximum Gasteiger partial charge on any atom is 0.00921 e. The van der Waals surface area contributed by atoms with Crippen LogP contribution in [-0.4, -0.2) is 13.1 Å². The van der Waals surface area contributed by atoms with Crippen LogP contribution in [0.5, 0.6) is 0 Å². The van der Waals surface area contributed by atoms with Gasteiger partial charge in [-0.2, -0.15) is 0 Å². The number of rotatable bonds is 9. The zero-order chi connectivity index (χ0) is 11.1.